The van der Waals surface area contributed by atoms with Crippen LogP contribution in [-0.4, -0.2) is 11.5 Å². The fourth-order valence-electron chi connectivity index (χ4n) is 2.38. The summed E-state index contributed by atoms with van der Waals surface area (Å²) in [5.41, 5.74) is 9.99. The van der Waals surface area contributed by atoms with Gasteiger partial charge >= 0.3 is 0 Å². The van der Waals surface area contributed by atoms with Crippen molar-refractivity contribution in [3.63, 3.8) is 0 Å². The first-order valence-corrected chi connectivity index (χ1v) is 6.29. The van der Waals surface area contributed by atoms with Gasteiger partial charge in [0.2, 0.25) is 0 Å². The van der Waals surface area contributed by atoms with Crippen LogP contribution in [0.15, 0.2) is 64.6 Å². The van der Waals surface area contributed by atoms with Crippen LogP contribution in [0, 0.1) is 0 Å². The molecule has 0 amide bonds. The Kier molecular flexibility index (Phi) is 2.88. The molecule has 3 rings (SSSR count). The number of fused-ring (bicyclic) bond motifs is 1. The largest absolute Gasteiger partial charge is 0.386 e. The molecule has 0 saturated heterocycles. The zero-order valence-electron chi connectivity index (χ0n) is 10.7. The highest BCUT2D eigenvalue weighted by Crippen LogP contribution is 2.33. The highest BCUT2D eigenvalue weighted by atomic mass is 14.9. The molecule has 19 heavy (non-hydrogen) atoms. The van der Waals surface area contributed by atoms with Gasteiger partial charge in [0.15, 0.2) is 0 Å². The summed E-state index contributed by atoms with van der Waals surface area (Å²) in [5.74, 6) is 0.547. The Morgan fingerprint density at radius 1 is 0.842 bits per heavy atom. The van der Waals surface area contributed by atoms with Crippen LogP contribution in [-0.2, 0) is 0 Å². The van der Waals surface area contributed by atoms with Crippen molar-refractivity contribution in [3.8, 4) is 0 Å². The maximum Gasteiger partial charge on any atom is 0.113 e. The average molecular weight is 249 g/mol. The zero-order chi connectivity index (χ0) is 13.2. The molecule has 0 bridgehead atoms. The van der Waals surface area contributed by atoms with Gasteiger partial charge in [-0.2, -0.15) is 0 Å². The Balaban J connectivity index is 2.15. The monoisotopic (exact) mass is 249 g/mol. The van der Waals surface area contributed by atoms with Gasteiger partial charge in [0.1, 0.15) is 5.84 Å². The molecule has 3 nitrogen and oxygen atoms in total. The van der Waals surface area contributed by atoms with E-state index in [9.17, 15) is 0 Å². The highest BCUT2D eigenvalue weighted by Gasteiger charge is 2.22. The molecular formula is C16H15N3. The second kappa shape index (κ2) is 4.69. The van der Waals surface area contributed by atoms with Crippen LogP contribution in [0.4, 0.5) is 11.4 Å². The SMILES string of the molecule is CC1=Nc2ccccc2N=C(N)[C@@H]1c1ccccc1. The molecule has 0 fully saturated rings. The minimum atomic E-state index is -0.0476. The van der Waals surface area contributed by atoms with Gasteiger partial charge in [0, 0.05) is 5.71 Å². The summed E-state index contributed by atoms with van der Waals surface area (Å²) in [6.07, 6.45) is 0. The van der Waals surface area contributed by atoms with E-state index in [0.717, 1.165) is 22.6 Å². The minimum Gasteiger partial charge on any atom is -0.386 e. The van der Waals surface area contributed by atoms with Gasteiger partial charge < -0.3 is 5.73 Å². The van der Waals surface area contributed by atoms with Gasteiger partial charge in [-0.15, -0.1) is 0 Å². The Morgan fingerprint density at radius 2 is 1.42 bits per heavy atom. The van der Waals surface area contributed by atoms with Gasteiger partial charge in [-0.05, 0) is 24.6 Å². The summed E-state index contributed by atoms with van der Waals surface area (Å²) < 4.78 is 0. The predicted molar refractivity (Wildman–Crippen MR) is 79.7 cm³/mol. The van der Waals surface area contributed by atoms with Crippen molar-refractivity contribution in [2.24, 2.45) is 15.7 Å². The molecular weight excluding hydrogens is 234 g/mol. The number of benzene rings is 2. The van der Waals surface area contributed by atoms with Gasteiger partial charge in [-0.1, -0.05) is 42.5 Å². The molecule has 0 aromatic heterocycles. The lowest BCUT2D eigenvalue weighted by atomic mass is 9.94. The van der Waals surface area contributed by atoms with Crippen molar-refractivity contribution in [1.29, 1.82) is 0 Å². The fourth-order valence-corrected chi connectivity index (χ4v) is 2.38. The van der Waals surface area contributed by atoms with E-state index < -0.39 is 0 Å². The molecule has 2 N–H and O–H groups in total. The molecule has 2 aromatic carbocycles. The summed E-state index contributed by atoms with van der Waals surface area (Å²) in [6, 6.07) is 17.9. The van der Waals surface area contributed by atoms with Crippen LogP contribution < -0.4 is 5.73 Å². The molecule has 94 valence electrons. The Labute approximate surface area is 112 Å². The number of amidine groups is 1. The van der Waals surface area contributed by atoms with Gasteiger partial charge in [0.25, 0.3) is 0 Å². The van der Waals surface area contributed by atoms with Crippen molar-refractivity contribution >= 4 is 22.9 Å². The van der Waals surface area contributed by atoms with Gasteiger partial charge in [-0.25, -0.2) is 4.99 Å². The van der Waals surface area contributed by atoms with Crippen molar-refractivity contribution in [2.45, 2.75) is 12.8 Å². The molecule has 3 heteroatoms. The standard InChI is InChI=1S/C16H15N3/c1-11-15(12-7-3-2-4-8-12)16(17)19-14-10-6-5-9-13(14)18-11/h2-10,15H,1H3,(H2,17,19)/t15-/m0/s1. The number of hydrogen-bond donors (Lipinski definition) is 1. The lowest BCUT2D eigenvalue weighted by Gasteiger charge is -2.15. The number of nitrogens with zero attached hydrogens (tertiary/aromatic N) is 2. The first kappa shape index (κ1) is 11.7. The van der Waals surface area contributed by atoms with Crippen LogP contribution in [0.2, 0.25) is 0 Å². The van der Waals surface area contributed by atoms with Crippen molar-refractivity contribution in [3.05, 3.63) is 60.2 Å². The summed E-state index contributed by atoms with van der Waals surface area (Å²) in [6.45, 7) is 2.00. The lowest BCUT2D eigenvalue weighted by Crippen LogP contribution is -2.26. The van der Waals surface area contributed by atoms with Crippen molar-refractivity contribution in [1.82, 2.24) is 0 Å². The van der Waals surface area contributed by atoms with Gasteiger partial charge in [0.05, 0.1) is 17.3 Å². The van der Waals surface area contributed by atoms with E-state index in [-0.39, 0.29) is 5.92 Å². The smallest absolute Gasteiger partial charge is 0.113 e. The number of para-hydroxylation sites is 2. The fraction of sp³-hybridized carbons (Fsp3) is 0.125. The molecule has 1 aliphatic rings. The average Bonchev–Trinajstić information content (AvgIpc) is 2.54. The van der Waals surface area contributed by atoms with Crippen LogP contribution in [0.5, 0.6) is 0 Å². The van der Waals surface area contributed by atoms with E-state index in [1.165, 1.54) is 0 Å². The Hall–Kier alpha value is -2.42. The lowest BCUT2D eigenvalue weighted by molar-refractivity contribution is 1.16. The second-order valence-electron chi connectivity index (χ2n) is 4.62. The quantitative estimate of drug-likeness (QED) is 0.825. The van der Waals surface area contributed by atoms with Crippen LogP contribution in [0.3, 0.4) is 0 Å². The normalized spacial score (nSPS) is 18.1. The van der Waals surface area contributed by atoms with Crippen LogP contribution in [0.1, 0.15) is 18.4 Å². The predicted octanol–water partition coefficient (Wildman–Crippen LogP) is 3.57. The number of hydrogen-bond acceptors (Lipinski definition) is 3. The molecule has 1 aliphatic heterocycles. The van der Waals surface area contributed by atoms with E-state index in [1.807, 2.05) is 49.4 Å². The van der Waals surface area contributed by atoms with Gasteiger partial charge in [-0.3, -0.25) is 4.99 Å². The Morgan fingerprint density at radius 3 is 2.11 bits per heavy atom. The summed E-state index contributed by atoms with van der Waals surface area (Å²) in [4.78, 5) is 9.20. The number of aliphatic imine (C=N–C) groups is 2. The van der Waals surface area contributed by atoms with E-state index >= 15 is 0 Å². The molecule has 2 aromatic rings. The molecule has 1 atom stereocenters. The third-order valence-electron chi connectivity index (χ3n) is 3.27. The molecule has 0 radical (unpaired) electrons. The first-order valence-electron chi connectivity index (χ1n) is 6.29. The highest BCUT2D eigenvalue weighted by molar-refractivity contribution is 6.12. The van der Waals surface area contributed by atoms with E-state index in [2.05, 4.69) is 22.1 Å². The van der Waals surface area contributed by atoms with Crippen LogP contribution in [0.25, 0.3) is 0 Å². The van der Waals surface area contributed by atoms with Crippen LogP contribution >= 0.6 is 0 Å². The van der Waals surface area contributed by atoms with E-state index in [0.29, 0.717) is 5.84 Å². The zero-order valence-corrected chi connectivity index (χ0v) is 10.7. The molecule has 1 heterocycles. The first-order chi connectivity index (χ1) is 9.25. The second-order valence-corrected chi connectivity index (χ2v) is 4.62. The summed E-state index contributed by atoms with van der Waals surface area (Å²) in [5, 5.41) is 0. The summed E-state index contributed by atoms with van der Waals surface area (Å²) >= 11 is 0. The third kappa shape index (κ3) is 2.15. The molecule has 0 saturated carbocycles. The third-order valence-corrected chi connectivity index (χ3v) is 3.27. The number of nitrogens with two attached hydrogens (primary N) is 1. The Bertz CT molecular complexity index is 618. The van der Waals surface area contributed by atoms with Crippen molar-refractivity contribution in [2.75, 3.05) is 0 Å². The van der Waals surface area contributed by atoms with Crippen molar-refractivity contribution < 1.29 is 0 Å². The van der Waals surface area contributed by atoms with E-state index in [1.54, 1.807) is 0 Å². The summed E-state index contributed by atoms with van der Waals surface area (Å²) in [7, 11) is 0. The maximum atomic E-state index is 6.19. The van der Waals surface area contributed by atoms with E-state index in [4.69, 9.17) is 5.73 Å². The maximum absolute atomic E-state index is 6.19. The number of rotatable bonds is 1. The molecule has 0 aliphatic carbocycles. The molecule has 0 unspecified atom stereocenters. The minimum absolute atomic E-state index is 0.0476. The topological polar surface area (TPSA) is 50.7 Å². The molecule has 0 spiro atoms.